The maximum Gasteiger partial charge on any atom is 0.194 e. The van der Waals surface area contributed by atoms with E-state index >= 15 is 0 Å². The normalized spacial score (nSPS) is 24.8. The van der Waals surface area contributed by atoms with Gasteiger partial charge in [0.1, 0.15) is 0 Å². The molecule has 6 nitrogen and oxygen atoms in total. The van der Waals surface area contributed by atoms with Gasteiger partial charge in [0.15, 0.2) is 5.96 Å². The van der Waals surface area contributed by atoms with Crippen molar-refractivity contribution in [3.05, 3.63) is 21.9 Å². The molecular weight excluding hydrogens is 497 g/mol. The van der Waals surface area contributed by atoms with Gasteiger partial charge in [0.25, 0.3) is 0 Å². The summed E-state index contributed by atoms with van der Waals surface area (Å²) in [5, 5.41) is 5.77. The highest BCUT2D eigenvalue weighted by molar-refractivity contribution is 14.0. The first kappa shape index (κ1) is 23.2. The van der Waals surface area contributed by atoms with Crippen LogP contribution in [0, 0.1) is 0 Å². The summed E-state index contributed by atoms with van der Waals surface area (Å²) < 4.78 is 5.52. The lowest BCUT2D eigenvalue weighted by Crippen LogP contribution is -2.47. The lowest BCUT2D eigenvalue weighted by molar-refractivity contribution is 0.0195. The zero-order valence-electron chi connectivity index (χ0n) is 17.8. The molecule has 0 amide bonds. The van der Waals surface area contributed by atoms with Gasteiger partial charge in [-0.1, -0.05) is 0 Å². The van der Waals surface area contributed by atoms with E-state index < -0.39 is 0 Å². The number of morpholine rings is 1. The number of rotatable bonds is 5. The fraction of sp³-hybridized carbons (Fsp3) is 0.762. The smallest absolute Gasteiger partial charge is 0.194 e. The lowest BCUT2D eigenvalue weighted by Gasteiger charge is -2.33. The van der Waals surface area contributed by atoms with Gasteiger partial charge >= 0.3 is 0 Å². The average molecular weight is 534 g/mol. The molecule has 8 heteroatoms. The summed E-state index contributed by atoms with van der Waals surface area (Å²) in [4.78, 5) is 14.3. The van der Waals surface area contributed by atoms with Crippen LogP contribution in [0.25, 0.3) is 0 Å². The molecule has 164 valence electrons. The number of nitrogens with one attached hydrogen (secondary N) is 1. The van der Waals surface area contributed by atoms with Gasteiger partial charge in [-0.3, -0.25) is 14.8 Å². The van der Waals surface area contributed by atoms with Crippen molar-refractivity contribution in [2.75, 3.05) is 59.0 Å². The minimum absolute atomic E-state index is 0. The van der Waals surface area contributed by atoms with Crippen LogP contribution < -0.4 is 5.32 Å². The Kier molecular flexibility index (Phi) is 9.03. The number of nitrogens with zero attached hydrogens (tertiary/aromatic N) is 4. The maximum atomic E-state index is 5.52. The van der Waals surface area contributed by atoms with E-state index in [0.717, 1.165) is 71.5 Å². The van der Waals surface area contributed by atoms with Gasteiger partial charge in [0.05, 0.1) is 19.8 Å². The Hall–Kier alpha value is -0.420. The number of aliphatic imine (C=N–C) groups is 1. The highest BCUT2D eigenvalue weighted by Crippen LogP contribution is 2.25. The number of halogens is 1. The van der Waals surface area contributed by atoms with E-state index in [0.29, 0.717) is 12.1 Å². The molecule has 0 bridgehead atoms. The summed E-state index contributed by atoms with van der Waals surface area (Å²) in [6.45, 7) is 14.6. The molecule has 0 spiro atoms. The predicted octanol–water partition coefficient (Wildman–Crippen LogP) is 2.48. The van der Waals surface area contributed by atoms with Crippen LogP contribution in [-0.4, -0.2) is 91.8 Å². The van der Waals surface area contributed by atoms with Crippen molar-refractivity contribution in [2.45, 2.75) is 45.3 Å². The number of fused-ring (bicyclic) bond motifs is 1. The Morgan fingerprint density at radius 1 is 1.31 bits per heavy atom. The molecule has 1 aromatic heterocycles. The monoisotopic (exact) mass is 533 g/mol. The second-order valence-electron chi connectivity index (χ2n) is 8.17. The summed E-state index contributed by atoms with van der Waals surface area (Å²) in [6, 6.07) is 3.41. The van der Waals surface area contributed by atoms with Crippen LogP contribution in [0.5, 0.6) is 0 Å². The van der Waals surface area contributed by atoms with E-state index in [1.807, 2.05) is 11.3 Å². The van der Waals surface area contributed by atoms with Crippen molar-refractivity contribution in [3.63, 3.8) is 0 Å². The highest BCUT2D eigenvalue weighted by atomic mass is 127. The highest BCUT2D eigenvalue weighted by Gasteiger charge is 2.30. The van der Waals surface area contributed by atoms with Gasteiger partial charge in [-0.25, -0.2) is 0 Å². The summed E-state index contributed by atoms with van der Waals surface area (Å²) in [5.41, 5.74) is 1.52. The third kappa shape index (κ3) is 5.84. The second-order valence-corrected chi connectivity index (χ2v) is 9.17. The number of guanidine groups is 1. The minimum atomic E-state index is 0. The standard InChI is InChI=1S/C21H35N5OS.HI/c1-3-22-21(26-7-4-19(16-26)24-9-11-27-12-10-24)23-14-17(2)25-8-5-20-18(15-25)6-13-28-20;/h6,13,17,19H,3-5,7-12,14-16H2,1-2H3,(H,22,23);1H. The van der Waals surface area contributed by atoms with Crippen LogP contribution in [0.4, 0.5) is 0 Å². The van der Waals surface area contributed by atoms with Gasteiger partial charge in [0.2, 0.25) is 0 Å². The number of hydrogen-bond acceptors (Lipinski definition) is 5. The zero-order valence-corrected chi connectivity index (χ0v) is 21.0. The Morgan fingerprint density at radius 3 is 2.93 bits per heavy atom. The fourth-order valence-corrected chi connectivity index (χ4v) is 5.47. The van der Waals surface area contributed by atoms with Gasteiger partial charge in [-0.2, -0.15) is 0 Å². The molecule has 3 aliphatic heterocycles. The second kappa shape index (κ2) is 11.3. The van der Waals surface area contributed by atoms with Gasteiger partial charge in [-0.15, -0.1) is 35.3 Å². The molecule has 0 saturated carbocycles. The van der Waals surface area contributed by atoms with Crippen LogP contribution in [0.15, 0.2) is 16.4 Å². The van der Waals surface area contributed by atoms with Crippen molar-refractivity contribution < 1.29 is 4.74 Å². The molecule has 1 aromatic rings. The largest absolute Gasteiger partial charge is 0.379 e. The maximum absolute atomic E-state index is 5.52. The first-order valence-corrected chi connectivity index (χ1v) is 11.8. The van der Waals surface area contributed by atoms with E-state index in [1.165, 1.54) is 18.4 Å². The average Bonchev–Trinajstić information content (AvgIpc) is 3.40. The van der Waals surface area contributed by atoms with Crippen molar-refractivity contribution >= 4 is 41.3 Å². The van der Waals surface area contributed by atoms with Crippen molar-refractivity contribution in [1.82, 2.24) is 20.0 Å². The SMILES string of the molecule is CCNC(=NCC(C)N1CCc2sccc2C1)N1CCC(N2CCOCC2)C1.I. The number of likely N-dealkylation sites (tertiary alicyclic amines) is 1. The summed E-state index contributed by atoms with van der Waals surface area (Å²) in [6.07, 6.45) is 2.42. The quantitative estimate of drug-likeness (QED) is 0.358. The van der Waals surface area contributed by atoms with Crippen LogP contribution in [-0.2, 0) is 17.7 Å². The minimum Gasteiger partial charge on any atom is -0.379 e. The molecule has 3 aliphatic rings. The topological polar surface area (TPSA) is 43.3 Å². The Balaban J connectivity index is 0.00000240. The predicted molar refractivity (Wildman–Crippen MR) is 132 cm³/mol. The van der Waals surface area contributed by atoms with Crippen LogP contribution in [0.3, 0.4) is 0 Å². The van der Waals surface area contributed by atoms with Crippen LogP contribution in [0.2, 0.25) is 0 Å². The third-order valence-electron chi connectivity index (χ3n) is 6.33. The zero-order chi connectivity index (χ0) is 19.3. The first-order chi connectivity index (χ1) is 13.7. The number of ether oxygens (including phenoxy) is 1. The first-order valence-electron chi connectivity index (χ1n) is 10.9. The Labute approximate surface area is 196 Å². The van der Waals surface area contributed by atoms with Gasteiger partial charge in [0, 0.05) is 62.8 Å². The fourth-order valence-electron chi connectivity index (χ4n) is 4.58. The molecule has 4 rings (SSSR count). The van der Waals surface area contributed by atoms with E-state index in [2.05, 4.69) is 45.3 Å². The lowest BCUT2D eigenvalue weighted by atomic mass is 10.1. The number of thiophene rings is 1. The molecule has 0 radical (unpaired) electrons. The van der Waals surface area contributed by atoms with Crippen molar-refractivity contribution in [3.8, 4) is 0 Å². The van der Waals surface area contributed by atoms with Crippen molar-refractivity contribution in [1.29, 1.82) is 0 Å². The summed E-state index contributed by atoms with van der Waals surface area (Å²) >= 11 is 1.91. The molecule has 2 atom stereocenters. The molecule has 2 unspecified atom stereocenters. The van der Waals surface area contributed by atoms with Gasteiger partial charge < -0.3 is 15.0 Å². The van der Waals surface area contributed by atoms with E-state index in [-0.39, 0.29) is 24.0 Å². The van der Waals surface area contributed by atoms with Gasteiger partial charge in [-0.05, 0) is 43.7 Å². The Morgan fingerprint density at radius 2 is 2.14 bits per heavy atom. The van der Waals surface area contributed by atoms with Crippen molar-refractivity contribution in [2.24, 2.45) is 4.99 Å². The molecular formula is C21H36IN5OS. The summed E-state index contributed by atoms with van der Waals surface area (Å²) in [5.74, 6) is 1.10. The molecule has 4 heterocycles. The molecule has 1 N–H and O–H groups in total. The van der Waals surface area contributed by atoms with Crippen LogP contribution >= 0.6 is 35.3 Å². The number of hydrogen-bond donors (Lipinski definition) is 1. The van der Waals surface area contributed by atoms with E-state index in [9.17, 15) is 0 Å². The third-order valence-corrected chi connectivity index (χ3v) is 7.35. The van der Waals surface area contributed by atoms with E-state index in [4.69, 9.17) is 9.73 Å². The molecule has 2 saturated heterocycles. The molecule has 0 aliphatic carbocycles. The van der Waals surface area contributed by atoms with Crippen LogP contribution in [0.1, 0.15) is 30.7 Å². The Bertz CT molecular complexity index is 663. The molecule has 0 aromatic carbocycles. The molecule has 29 heavy (non-hydrogen) atoms. The summed E-state index contributed by atoms with van der Waals surface area (Å²) in [7, 11) is 0. The molecule has 2 fully saturated rings. The van der Waals surface area contributed by atoms with E-state index in [1.54, 1.807) is 4.88 Å².